The van der Waals surface area contributed by atoms with Crippen LogP contribution < -0.4 is 5.32 Å². The fourth-order valence-electron chi connectivity index (χ4n) is 1.33. The third kappa shape index (κ3) is 3.93. The minimum atomic E-state index is 0.197. The van der Waals surface area contributed by atoms with Crippen LogP contribution in [-0.2, 0) is 13.0 Å². The van der Waals surface area contributed by atoms with Crippen molar-refractivity contribution in [2.24, 2.45) is 0 Å². The molecule has 1 aromatic carbocycles. The molecule has 0 unspecified atom stereocenters. The molecule has 0 radical (unpaired) electrons. The highest BCUT2D eigenvalue weighted by atomic mass is 14.9. The van der Waals surface area contributed by atoms with Gasteiger partial charge in [-0.15, -0.1) is 0 Å². The summed E-state index contributed by atoms with van der Waals surface area (Å²) in [4.78, 5) is 0. The zero-order chi connectivity index (χ0) is 10.6. The monoisotopic (exact) mass is 191 g/mol. The topological polar surface area (TPSA) is 12.0 Å². The van der Waals surface area contributed by atoms with Gasteiger partial charge in [-0.3, -0.25) is 0 Å². The number of nitrogens with one attached hydrogen (secondary N) is 1. The molecule has 0 spiro atoms. The smallest absolute Gasteiger partial charge is 0.0210 e. The first-order chi connectivity index (χ1) is 6.51. The van der Waals surface area contributed by atoms with E-state index in [0.29, 0.717) is 0 Å². The van der Waals surface area contributed by atoms with Gasteiger partial charge in [0.25, 0.3) is 0 Å². The summed E-state index contributed by atoms with van der Waals surface area (Å²) in [5.74, 6) is 0. The van der Waals surface area contributed by atoms with E-state index >= 15 is 0 Å². The number of benzene rings is 1. The van der Waals surface area contributed by atoms with Crippen molar-refractivity contribution < 1.29 is 0 Å². The molecule has 0 aliphatic rings. The molecular weight excluding hydrogens is 170 g/mol. The molecule has 1 heteroatoms. The fraction of sp³-hybridized carbons (Fsp3) is 0.538. The molecule has 1 N–H and O–H groups in total. The first-order valence-corrected chi connectivity index (χ1v) is 5.34. The lowest BCUT2D eigenvalue weighted by Gasteiger charge is -2.20. The predicted octanol–water partition coefficient (Wildman–Crippen LogP) is 3.14. The number of hydrogen-bond donors (Lipinski definition) is 1. The second-order valence-electron chi connectivity index (χ2n) is 4.78. The zero-order valence-electron chi connectivity index (χ0n) is 9.72. The molecule has 0 fully saturated rings. The van der Waals surface area contributed by atoms with Crippen LogP contribution in [0.25, 0.3) is 0 Å². The van der Waals surface area contributed by atoms with Gasteiger partial charge in [0.1, 0.15) is 0 Å². The van der Waals surface area contributed by atoms with Gasteiger partial charge in [-0.25, -0.2) is 0 Å². The van der Waals surface area contributed by atoms with Crippen LogP contribution in [-0.4, -0.2) is 5.54 Å². The molecule has 0 saturated heterocycles. The maximum Gasteiger partial charge on any atom is 0.0210 e. The standard InChI is InChI=1S/C13H21N/c1-5-11-7-6-8-12(9-11)10-14-13(2,3)4/h6-9,14H,5,10H2,1-4H3. The minimum Gasteiger partial charge on any atom is -0.308 e. The molecule has 1 aromatic rings. The third-order valence-corrected chi connectivity index (χ3v) is 2.22. The molecule has 0 aliphatic heterocycles. The molecule has 14 heavy (non-hydrogen) atoms. The van der Waals surface area contributed by atoms with E-state index in [9.17, 15) is 0 Å². The fourth-order valence-corrected chi connectivity index (χ4v) is 1.33. The third-order valence-electron chi connectivity index (χ3n) is 2.22. The Kier molecular flexibility index (Phi) is 3.70. The van der Waals surface area contributed by atoms with Crippen molar-refractivity contribution in [3.63, 3.8) is 0 Å². The van der Waals surface area contributed by atoms with E-state index in [1.54, 1.807) is 0 Å². The Morgan fingerprint density at radius 1 is 1.14 bits per heavy atom. The maximum absolute atomic E-state index is 3.49. The normalized spacial score (nSPS) is 11.7. The largest absolute Gasteiger partial charge is 0.308 e. The Morgan fingerprint density at radius 2 is 1.79 bits per heavy atom. The van der Waals surface area contributed by atoms with Crippen molar-refractivity contribution in [1.82, 2.24) is 5.32 Å². The van der Waals surface area contributed by atoms with Crippen molar-refractivity contribution in [1.29, 1.82) is 0 Å². The average Bonchev–Trinajstić information content (AvgIpc) is 2.14. The van der Waals surface area contributed by atoms with Gasteiger partial charge in [0.05, 0.1) is 0 Å². The molecule has 0 amide bonds. The van der Waals surface area contributed by atoms with E-state index in [-0.39, 0.29) is 5.54 Å². The first kappa shape index (κ1) is 11.3. The molecule has 0 heterocycles. The summed E-state index contributed by atoms with van der Waals surface area (Å²) in [6.07, 6.45) is 1.11. The average molecular weight is 191 g/mol. The summed E-state index contributed by atoms with van der Waals surface area (Å²) in [5.41, 5.74) is 2.99. The maximum atomic E-state index is 3.49. The SMILES string of the molecule is CCc1cccc(CNC(C)(C)C)c1. The molecule has 0 aliphatic carbocycles. The summed E-state index contributed by atoms with van der Waals surface area (Å²) in [6, 6.07) is 8.77. The molecule has 0 atom stereocenters. The summed E-state index contributed by atoms with van der Waals surface area (Å²) in [5, 5.41) is 3.49. The number of aryl methyl sites for hydroxylation is 1. The molecule has 1 rings (SSSR count). The van der Waals surface area contributed by atoms with Crippen LogP contribution in [0.15, 0.2) is 24.3 Å². The summed E-state index contributed by atoms with van der Waals surface area (Å²) in [6.45, 7) is 9.72. The lowest BCUT2D eigenvalue weighted by atomic mass is 10.1. The quantitative estimate of drug-likeness (QED) is 0.774. The van der Waals surface area contributed by atoms with Crippen LogP contribution in [0.5, 0.6) is 0 Å². The van der Waals surface area contributed by atoms with Crippen LogP contribution in [0.2, 0.25) is 0 Å². The number of hydrogen-bond acceptors (Lipinski definition) is 1. The minimum absolute atomic E-state index is 0.197. The second kappa shape index (κ2) is 4.61. The Morgan fingerprint density at radius 3 is 2.36 bits per heavy atom. The van der Waals surface area contributed by atoms with Crippen LogP contribution in [0.3, 0.4) is 0 Å². The van der Waals surface area contributed by atoms with Crippen molar-refractivity contribution in [3.8, 4) is 0 Å². The van der Waals surface area contributed by atoms with Gasteiger partial charge < -0.3 is 5.32 Å². The van der Waals surface area contributed by atoms with Crippen LogP contribution in [0, 0.1) is 0 Å². The highest BCUT2D eigenvalue weighted by molar-refractivity contribution is 5.23. The molecule has 0 bridgehead atoms. The van der Waals surface area contributed by atoms with Crippen LogP contribution >= 0.6 is 0 Å². The highest BCUT2D eigenvalue weighted by Crippen LogP contribution is 2.07. The molecular formula is C13H21N. The van der Waals surface area contributed by atoms with E-state index in [4.69, 9.17) is 0 Å². The van der Waals surface area contributed by atoms with E-state index in [0.717, 1.165) is 13.0 Å². The Balaban J connectivity index is 2.59. The first-order valence-electron chi connectivity index (χ1n) is 5.34. The van der Waals surface area contributed by atoms with Gasteiger partial charge in [0.2, 0.25) is 0 Å². The molecule has 78 valence electrons. The Labute approximate surface area is 87.5 Å². The van der Waals surface area contributed by atoms with Gasteiger partial charge in [-0.05, 0) is 38.3 Å². The van der Waals surface area contributed by atoms with Crippen molar-refractivity contribution in [2.45, 2.75) is 46.2 Å². The van der Waals surface area contributed by atoms with Crippen LogP contribution in [0.1, 0.15) is 38.8 Å². The lowest BCUT2D eigenvalue weighted by molar-refractivity contribution is 0.424. The van der Waals surface area contributed by atoms with Gasteiger partial charge in [-0.1, -0.05) is 31.2 Å². The lowest BCUT2D eigenvalue weighted by Crippen LogP contribution is -2.35. The van der Waals surface area contributed by atoms with Gasteiger partial charge in [-0.2, -0.15) is 0 Å². The molecule has 1 nitrogen and oxygen atoms in total. The predicted molar refractivity (Wildman–Crippen MR) is 62.4 cm³/mol. The summed E-state index contributed by atoms with van der Waals surface area (Å²) >= 11 is 0. The Hall–Kier alpha value is -0.820. The second-order valence-corrected chi connectivity index (χ2v) is 4.78. The van der Waals surface area contributed by atoms with Crippen LogP contribution in [0.4, 0.5) is 0 Å². The van der Waals surface area contributed by atoms with E-state index in [2.05, 4.69) is 57.3 Å². The van der Waals surface area contributed by atoms with Crippen molar-refractivity contribution >= 4 is 0 Å². The molecule has 0 saturated carbocycles. The number of rotatable bonds is 3. The van der Waals surface area contributed by atoms with Gasteiger partial charge >= 0.3 is 0 Å². The molecule has 0 aromatic heterocycles. The van der Waals surface area contributed by atoms with E-state index in [1.165, 1.54) is 11.1 Å². The van der Waals surface area contributed by atoms with Crippen molar-refractivity contribution in [3.05, 3.63) is 35.4 Å². The van der Waals surface area contributed by atoms with E-state index in [1.807, 2.05) is 0 Å². The summed E-state index contributed by atoms with van der Waals surface area (Å²) < 4.78 is 0. The van der Waals surface area contributed by atoms with E-state index < -0.39 is 0 Å². The highest BCUT2D eigenvalue weighted by Gasteiger charge is 2.07. The summed E-state index contributed by atoms with van der Waals surface area (Å²) in [7, 11) is 0. The van der Waals surface area contributed by atoms with Gasteiger partial charge in [0.15, 0.2) is 0 Å². The zero-order valence-corrected chi connectivity index (χ0v) is 9.72. The Bertz CT molecular complexity index is 284. The van der Waals surface area contributed by atoms with Gasteiger partial charge in [0, 0.05) is 12.1 Å². The van der Waals surface area contributed by atoms with Crippen molar-refractivity contribution in [2.75, 3.05) is 0 Å².